The predicted molar refractivity (Wildman–Crippen MR) is 158 cm³/mol. The second-order valence-corrected chi connectivity index (χ2v) is 12.5. The van der Waals surface area contributed by atoms with Crippen molar-refractivity contribution in [3.05, 3.63) is 103 Å². The first-order chi connectivity index (χ1) is 19.1. The summed E-state index contributed by atoms with van der Waals surface area (Å²) in [5.74, 6) is 1.32. The third-order valence-electron chi connectivity index (χ3n) is 7.08. The first-order valence-corrected chi connectivity index (χ1v) is 15.2. The van der Waals surface area contributed by atoms with Crippen LogP contribution in [0.25, 0.3) is 33.4 Å². The highest BCUT2D eigenvalue weighted by molar-refractivity contribution is 8.00. The Hall–Kier alpha value is -3.98. The molecule has 1 saturated heterocycles. The Morgan fingerprint density at radius 2 is 1.64 bits per heavy atom. The largest absolute Gasteiger partial charge is 0.379 e. The zero-order valence-corrected chi connectivity index (χ0v) is 22.7. The van der Waals surface area contributed by atoms with Crippen molar-refractivity contribution in [1.29, 1.82) is 0 Å². The van der Waals surface area contributed by atoms with Gasteiger partial charge in [-0.3, -0.25) is 9.19 Å². The van der Waals surface area contributed by atoms with Crippen molar-refractivity contribution < 1.29 is 8.95 Å². The Bertz CT molecular complexity index is 1640. The molecule has 0 unspecified atom stereocenters. The second-order valence-electron chi connectivity index (χ2n) is 9.63. The number of morpholine rings is 1. The normalized spacial score (nSPS) is 14.8. The zero-order chi connectivity index (χ0) is 26.7. The van der Waals surface area contributed by atoms with Crippen molar-refractivity contribution >= 4 is 26.8 Å². The van der Waals surface area contributed by atoms with E-state index >= 15 is 0 Å². The Kier molecular flexibility index (Phi) is 7.15. The third-order valence-corrected chi connectivity index (χ3v) is 9.80. The van der Waals surface area contributed by atoms with Crippen LogP contribution in [0.3, 0.4) is 0 Å². The summed E-state index contributed by atoms with van der Waals surface area (Å²) in [5, 5.41) is 4.48. The van der Waals surface area contributed by atoms with Gasteiger partial charge in [0.1, 0.15) is 5.82 Å². The summed E-state index contributed by atoms with van der Waals surface area (Å²) < 4.78 is 21.4. The molecule has 1 N–H and O–H groups in total. The first-order valence-electron chi connectivity index (χ1n) is 13.1. The minimum atomic E-state index is -2.75. The van der Waals surface area contributed by atoms with Crippen LogP contribution in [0.5, 0.6) is 0 Å². The number of hydrogen-bond acceptors (Lipinski definition) is 6. The maximum absolute atomic E-state index is 13.9. The molecule has 0 amide bonds. The van der Waals surface area contributed by atoms with Crippen LogP contribution in [0.1, 0.15) is 5.69 Å². The first kappa shape index (κ1) is 25.3. The van der Waals surface area contributed by atoms with Gasteiger partial charge in [-0.05, 0) is 51.6 Å². The fourth-order valence-corrected chi connectivity index (χ4v) is 6.97. The Morgan fingerprint density at radius 3 is 2.44 bits per heavy atom. The average molecular weight is 538 g/mol. The van der Waals surface area contributed by atoms with Crippen LogP contribution in [0.4, 0.5) is 5.82 Å². The van der Waals surface area contributed by atoms with Gasteiger partial charge in [0.15, 0.2) is 5.82 Å². The van der Waals surface area contributed by atoms with E-state index in [0.717, 1.165) is 44.0 Å². The van der Waals surface area contributed by atoms with Crippen LogP contribution >= 0.6 is 0 Å². The van der Waals surface area contributed by atoms with Crippen LogP contribution in [0, 0.1) is 0 Å². The smallest absolute Gasteiger partial charge is 0.162 e. The maximum Gasteiger partial charge on any atom is 0.162 e. The van der Waals surface area contributed by atoms with Crippen molar-refractivity contribution in [1.82, 2.24) is 19.3 Å². The highest BCUT2D eigenvalue weighted by Gasteiger charge is 2.24. The minimum Gasteiger partial charge on any atom is -0.379 e. The Morgan fingerprint density at radius 1 is 0.872 bits per heavy atom. The van der Waals surface area contributed by atoms with E-state index < -0.39 is 10.1 Å². The summed E-state index contributed by atoms with van der Waals surface area (Å²) >= 11 is 0. The number of ether oxygens (including phenoxy) is 1. The standard InChI is InChI=1S/C31H31N5O2S/c1-39(37,36-17-19-38-20-18-36)26-13-7-11-24(21-26)30-34-28-15-8-14-27(23-9-3-2-4-10-23)29(28)31(35-30)33-22-25-12-5-6-16-32-25/h2-16,21,39H,17-20,22H2,1H3,(H,33,34,35). The summed E-state index contributed by atoms with van der Waals surface area (Å²) in [6.07, 6.45) is 3.63. The maximum atomic E-state index is 13.9. The van der Waals surface area contributed by atoms with E-state index in [2.05, 4.69) is 28.5 Å². The molecule has 0 spiro atoms. The lowest BCUT2D eigenvalue weighted by molar-refractivity contribution is 0.0741. The summed E-state index contributed by atoms with van der Waals surface area (Å²) in [6, 6.07) is 30.1. The van der Waals surface area contributed by atoms with Crippen LogP contribution in [0.15, 0.2) is 102 Å². The lowest BCUT2D eigenvalue weighted by Crippen LogP contribution is -2.44. The quantitative estimate of drug-likeness (QED) is 0.277. The number of benzene rings is 3. The monoisotopic (exact) mass is 537 g/mol. The van der Waals surface area contributed by atoms with Crippen molar-refractivity contribution in [3.63, 3.8) is 0 Å². The van der Waals surface area contributed by atoms with Gasteiger partial charge in [-0.1, -0.05) is 60.7 Å². The van der Waals surface area contributed by atoms with Gasteiger partial charge in [0.25, 0.3) is 0 Å². The SMILES string of the molecule is C[SH](=O)(c1cccc(-c2nc(NCc3ccccn3)c3c(-c4ccccc4)cccc3n2)c1)N1CCOCC1. The summed E-state index contributed by atoms with van der Waals surface area (Å²) in [4.78, 5) is 15.3. The third kappa shape index (κ3) is 5.31. The molecule has 7 nitrogen and oxygen atoms in total. The van der Waals surface area contributed by atoms with E-state index in [1.54, 1.807) is 6.20 Å². The molecular formula is C31H31N5O2S. The zero-order valence-electron chi connectivity index (χ0n) is 21.8. The van der Waals surface area contributed by atoms with Gasteiger partial charge >= 0.3 is 0 Å². The predicted octanol–water partition coefficient (Wildman–Crippen LogP) is 5.22. The number of rotatable bonds is 7. The van der Waals surface area contributed by atoms with Crippen LogP contribution < -0.4 is 5.32 Å². The summed E-state index contributed by atoms with van der Waals surface area (Å²) in [7, 11) is -2.75. The fourth-order valence-electron chi connectivity index (χ4n) is 4.98. The van der Waals surface area contributed by atoms with Gasteiger partial charge in [0.05, 0.1) is 36.4 Å². The summed E-state index contributed by atoms with van der Waals surface area (Å²) in [6.45, 7) is 3.04. The lowest BCUT2D eigenvalue weighted by Gasteiger charge is -2.36. The van der Waals surface area contributed by atoms with E-state index in [-0.39, 0.29) is 0 Å². The number of fused-ring (bicyclic) bond motifs is 1. The molecule has 3 aromatic carbocycles. The summed E-state index contributed by atoms with van der Waals surface area (Å²) in [5.41, 5.74) is 4.74. The number of thiol groups is 1. The second kappa shape index (κ2) is 11.0. The number of anilines is 1. The molecule has 5 aromatic rings. The van der Waals surface area contributed by atoms with Gasteiger partial charge < -0.3 is 10.1 Å². The highest BCUT2D eigenvalue weighted by atomic mass is 32.3. The molecule has 0 atom stereocenters. The number of hydrogen-bond donors (Lipinski definition) is 2. The van der Waals surface area contributed by atoms with Gasteiger partial charge in [-0.15, -0.1) is 0 Å². The minimum absolute atomic E-state index is 0.525. The molecule has 39 heavy (non-hydrogen) atoms. The molecule has 2 aromatic heterocycles. The van der Waals surface area contributed by atoms with E-state index in [9.17, 15) is 4.21 Å². The molecule has 0 aliphatic carbocycles. The number of aromatic nitrogens is 3. The average Bonchev–Trinajstić information content (AvgIpc) is 3.01. The lowest BCUT2D eigenvalue weighted by atomic mass is 10.0. The van der Waals surface area contributed by atoms with Gasteiger partial charge in [-0.2, -0.15) is 0 Å². The molecule has 0 radical (unpaired) electrons. The molecule has 0 saturated carbocycles. The fraction of sp³-hybridized carbons (Fsp3) is 0.194. The van der Waals surface area contributed by atoms with Crippen molar-refractivity contribution in [2.75, 3.05) is 37.9 Å². The van der Waals surface area contributed by atoms with E-state index in [1.807, 2.05) is 83.4 Å². The molecule has 1 fully saturated rings. The molecule has 3 heterocycles. The molecule has 1 aliphatic heterocycles. The number of nitrogens with one attached hydrogen (secondary N) is 1. The molecule has 6 rings (SSSR count). The van der Waals surface area contributed by atoms with E-state index in [0.29, 0.717) is 38.7 Å². The van der Waals surface area contributed by atoms with E-state index in [1.165, 1.54) is 0 Å². The topological polar surface area (TPSA) is 80.2 Å². The molecule has 0 bridgehead atoms. The molecule has 1 aliphatic rings. The van der Waals surface area contributed by atoms with Gasteiger partial charge in [0, 0.05) is 36.0 Å². The van der Waals surface area contributed by atoms with Crippen LogP contribution in [0.2, 0.25) is 0 Å². The van der Waals surface area contributed by atoms with Crippen molar-refractivity contribution in [2.24, 2.45) is 0 Å². The van der Waals surface area contributed by atoms with Gasteiger partial charge in [0.2, 0.25) is 0 Å². The van der Waals surface area contributed by atoms with Crippen LogP contribution in [-0.4, -0.2) is 56.0 Å². The molecular weight excluding hydrogens is 506 g/mol. The molecule has 8 heteroatoms. The van der Waals surface area contributed by atoms with Crippen molar-refractivity contribution in [3.8, 4) is 22.5 Å². The van der Waals surface area contributed by atoms with Crippen molar-refractivity contribution in [2.45, 2.75) is 11.4 Å². The number of pyridine rings is 1. The van der Waals surface area contributed by atoms with E-state index in [4.69, 9.17) is 14.7 Å². The van der Waals surface area contributed by atoms with Crippen LogP contribution in [-0.2, 0) is 21.4 Å². The Balaban J connectivity index is 1.45. The molecule has 198 valence electrons. The number of nitrogens with zero attached hydrogens (tertiary/aromatic N) is 4. The van der Waals surface area contributed by atoms with Gasteiger partial charge in [-0.25, -0.2) is 14.3 Å². The highest BCUT2D eigenvalue weighted by Crippen LogP contribution is 2.35. The Labute approximate surface area is 229 Å².